The molecule has 0 fully saturated rings. The summed E-state index contributed by atoms with van der Waals surface area (Å²) in [6, 6.07) is 0.375. The summed E-state index contributed by atoms with van der Waals surface area (Å²) in [4.78, 5) is 0. The molecule has 1 unspecified atom stereocenters. The third kappa shape index (κ3) is 3.47. The van der Waals surface area contributed by atoms with E-state index in [1.54, 1.807) is 11.7 Å². The van der Waals surface area contributed by atoms with Crippen LogP contribution in [0.15, 0.2) is 0 Å². The Hall–Kier alpha value is -0.580. The second-order valence-corrected chi connectivity index (χ2v) is 4.76. The van der Waals surface area contributed by atoms with Crippen molar-refractivity contribution in [3.8, 4) is 0 Å². The third-order valence-corrected chi connectivity index (χ3v) is 2.94. The molecule has 0 aliphatic rings. The second kappa shape index (κ2) is 5.66. The van der Waals surface area contributed by atoms with E-state index in [9.17, 15) is 5.11 Å². The average molecular weight is 246 g/mol. The van der Waals surface area contributed by atoms with Crippen molar-refractivity contribution in [3.05, 3.63) is 16.4 Å². The molecule has 5 heteroatoms. The molecule has 4 nitrogen and oxygen atoms in total. The zero-order valence-electron chi connectivity index (χ0n) is 10.3. The van der Waals surface area contributed by atoms with Crippen LogP contribution in [-0.4, -0.2) is 33.6 Å². The van der Waals surface area contributed by atoms with E-state index in [1.165, 1.54) is 0 Å². The highest BCUT2D eigenvalue weighted by atomic mass is 35.5. The summed E-state index contributed by atoms with van der Waals surface area (Å²) >= 11 is 6.09. The van der Waals surface area contributed by atoms with Gasteiger partial charge < -0.3 is 10.4 Å². The Morgan fingerprint density at radius 3 is 2.56 bits per heavy atom. The summed E-state index contributed by atoms with van der Waals surface area (Å²) in [7, 11) is 1.80. The molecular formula is C11H20ClN3O. The first kappa shape index (κ1) is 13.5. The van der Waals surface area contributed by atoms with Crippen molar-refractivity contribution in [1.82, 2.24) is 15.1 Å². The summed E-state index contributed by atoms with van der Waals surface area (Å²) in [5, 5.41) is 17.9. The fourth-order valence-corrected chi connectivity index (χ4v) is 1.84. The smallest absolute Gasteiger partial charge is 0.130 e. The Morgan fingerprint density at radius 1 is 1.50 bits per heavy atom. The standard InChI is InChI=1S/C11H20ClN3O/c1-7(2)13-6-9(16)5-10-8(3)14-15(4)11(10)12/h7,9,13,16H,5-6H2,1-4H3. The van der Waals surface area contributed by atoms with Gasteiger partial charge in [-0.15, -0.1) is 0 Å². The number of aliphatic hydroxyl groups excluding tert-OH is 1. The molecule has 0 bridgehead atoms. The maximum atomic E-state index is 9.85. The number of aliphatic hydroxyl groups is 1. The van der Waals surface area contributed by atoms with E-state index in [2.05, 4.69) is 24.3 Å². The maximum Gasteiger partial charge on any atom is 0.130 e. The zero-order valence-corrected chi connectivity index (χ0v) is 11.0. The lowest BCUT2D eigenvalue weighted by Crippen LogP contribution is -2.33. The van der Waals surface area contributed by atoms with Gasteiger partial charge in [-0.2, -0.15) is 5.10 Å². The molecule has 0 radical (unpaired) electrons. The molecule has 1 atom stereocenters. The van der Waals surface area contributed by atoms with Gasteiger partial charge in [0.1, 0.15) is 5.15 Å². The zero-order chi connectivity index (χ0) is 12.3. The van der Waals surface area contributed by atoms with Crippen LogP contribution in [0.25, 0.3) is 0 Å². The lowest BCUT2D eigenvalue weighted by molar-refractivity contribution is 0.168. The molecule has 0 amide bonds. The fraction of sp³-hybridized carbons (Fsp3) is 0.727. The summed E-state index contributed by atoms with van der Waals surface area (Å²) < 4.78 is 1.63. The number of rotatable bonds is 5. The molecule has 0 saturated heterocycles. The maximum absolute atomic E-state index is 9.85. The second-order valence-electron chi connectivity index (χ2n) is 4.40. The van der Waals surface area contributed by atoms with Crippen molar-refractivity contribution in [3.63, 3.8) is 0 Å². The topological polar surface area (TPSA) is 50.1 Å². The number of aryl methyl sites for hydroxylation is 2. The SMILES string of the molecule is Cc1nn(C)c(Cl)c1CC(O)CNC(C)C. The van der Waals surface area contributed by atoms with Crippen molar-refractivity contribution in [2.75, 3.05) is 6.54 Å². The van der Waals surface area contributed by atoms with E-state index in [4.69, 9.17) is 11.6 Å². The fourth-order valence-electron chi connectivity index (χ4n) is 1.59. The average Bonchev–Trinajstić information content (AvgIpc) is 2.42. The van der Waals surface area contributed by atoms with Crippen molar-refractivity contribution in [2.45, 2.75) is 39.3 Å². The highest BCUT2D eigenvalue weighted by Gasteiger charge is 2.15. The number of aromatic nitrogens is 2. The predicted molar refractivity (Wildman–Crippen MR) is 65.8 cm³/mol. The molecule has 1 aromatic rings. The van der Waals surface area contributed by atoms with Crippen LogP contribution < -0.4 is 5.32 Å². The Labute approximate surface area is 102 Å². The molecule has 1 aromatic heterocycles. The Kier molecular flexibility index (Phi) is 4.77. The quantitative estimate of drug-likeness (QED) is 0.822. The minimum absolute atomic E-state index is 0.375. The molecule has 1 rings (SSSR count). The first-order valence-electron chi connectivity index (χ1n) is 5.51. The number of nitrogens with zero attached hydrogens (tertiary/aromatic N) is 2. The Bertz CT molecular complexity index is 349. The molecule has 0 saturated carbocycles. The van der Waals surface area contributed by atoms with Crippen LogP contribution >= 0.6 is 11.6 Å². The van der Waals surface area contributed by atoms with E-state index < -0.39 is 6.10 Å². The molecular weight excluding hydrogens is 226 g/mol. The van der Waals surface area contributed by atoms with Crippen molar-refractivity contribution >= 4 is 11.6 Å². The van der Waals surface area contributed by atoms with Gasteiger partial charge in [-0.1, -0.05) is 25.4 Å². The van der Waals surface area contributed by atoms with Crippen molar-refractivity contribution < 1.29 is 5.11 Å². The summed E-state index contributed by atoms with van der Waals surface area (Å²) in [6.45, 7) is 6.58. The summed E-state index contributed by atoms with van der Waals surface area (Å²) in [5.74, 6) is 0. The van der Waals surface area contributed by atoms with Crippen LogP contribution in [0, 0.1) is 6.92 Å². The van der Waals surface area contributed by atoms with Gasteiger partial charge >= 0.3 is 0 Å². The molecule has 16 heavy (non-hydrogen) atoms. The molecule has 0 aliphatic heterocycles. The van der Waals surface area contributed by atoms with Crippen LogP contribution in [0.1, 0.15) is 25.1 Å². The molecule has 0 aromatic carbocycles. The molecule has 1 heterocycles. The molecule has 0 aliphatic carbocycles. The van der Waals surface area contributed by atoms with E-state index >= 15 is 0 Å². The number of hydrogen-bond acceptors (Lipinski definition) is 3. The summed E-state index contributed by atoms with van der Waals surface area (Å²) in [5.41, 5.74) is 1.82. The normalized spacial score (nSPS) is 13.4. The van der Waals surface area contributed by atoms with Crippen LogP contribution in [-0.2, 0) is 13.5 Å². The van der Waals surface area contributed by atoms with Gasteiger partial charge in [-0.3, -0.25) is 4.68 Å². The third-order valence-electron chi connectivity index (χ3n) is 2.47. The van der Waals surface area contributed by atoms with E-state index in [0.29, 0.717) is 24.2 Å². The molecule has 92 valence electrons. The van der Waals surface area contributed by atoms with Crippen molar-refractivity contribution in [1.29, 1.82) is 0 Å². The number of nitrogens with one attached hydrogen (secondary N) is 1. The van der Waals surface area contributed by atoms with Gasteiger partial charge in [0.2, 0.25) is 0 Å². The molecule has 0 spiro atoms. The Balaban J connectivity index is 2.59. The molecule has 2 N–H and O–H groups in total. The van der Waals surface area contributed by atoms with E-state index in [0.717, 1.165) is 11.3 Å². The van der Waals surface area contributed by atoms with Gasteiger partial charge in [-0.25, -0.2) is 0 Å². The van der Waals surface area contributed by atoms with Crippen LogP contribution in [0.2, 0.25) is 5.15 Å². The van der Waals surface area contributed by atoms with Crippen LogP contribution in [0.4, 0.5) is 0 Å². The lowest BCUT2D eigenvalue weighted by atomic mass is 10.1. The van der Waals surface area contributed by atoms with Crippen LogP contribution in [0.5, 0.6) is 0 Å². The van der Waals surface area contributed by atoms with Gasteiger partial charge in [-0.05, 0) is 6.92 Å². The first-order chi connectivity index (χ1) is 7.41. The predicted octanol–water partition coefficient (Wildman–Crippen LogP) is 1.28. The van der Waals surface area contributed by atoms with E-state index in [-0.39, 0.29) is 0 Å². The first-order valence-corrected chi connectivity index (χ1v) is 5.89. The minimum atomic E-state index is -0.428. The van der Waals surface area contributed by atoms with Gasteiger partial charge in [0.25, 0.3) is 0 Å². The minimum Gasteiger partial charge on any atom is -0.391 e. The monoisotopic (exact) mass is 245 g/mol. The van der Waals surface area contributed by atoms with Gasteiger partial charge in [0, 0.05) is 31.6 Å². The highest BCUT2D eigenvalue weighted by Crippen LogP contribution is 2.20. The van der Waals surface area contributed by atoms with Gasteiger partial charge in [0.05, 0.1) is 11.8 Å². The highest BCUT2D eigenvalue weighted by molar-refractivity contribution is 6.30. The Morgan fingerprint density at radius 2 is 2.12 bits per heavy atom. The summed E-state index contributed by atoms with van der Waals surface area (Å²) in [6.07, 6.45) is 0.112. The van der Waals surface area contributed by atoms with E-state index in [1.807, 2.05) is 6.92 Å². The van der Waals surface area contributed by atoms with Crippen molar-refractivity contribution in [2.24, 2.45) is 7.05 Å². The lowest BCUT2D eigenvalue weighted by Gasteiger charge is -2.13. The number of halogens is 1. The number of hydrogen-bond donors (Lipinski definition) is 2. The largest absolute Gasteiger partial charge is 0.391 e. The van der Waals surface area contributed by atoms with Gasteiger partial charge in [0.15, 0.2) is 0 Å². The van der Waals surface area contributed by atoms with Crippen LogP contribution in [0.3, 0.4) is 0 Å².